The molecule has 1 aliphatic heterocycles. The van der Waals surface area contributed by atoms with Crippen LogP contribution in [0.1, 0.15) is 13.8 Å². The lowest BCUT2D eigenvalue weighted by Gasteiger charge is -2.22. The number of nitrogens with zero attached hydrogens (tertiary/aromatic N) is 1. The maximum Gasteiger partial charge on any atom is 0.330 e. The molecule has 0 radical (unpaired) electrons. The van der Waals surface area contributed by atoms with E-state index in [0.717, 1.165) is 6.08 Å². The third-order valence-corrected chi connectivity index (χ3v) is 2.36. The molecule has 1 atom stereocenters. The predicted octanol–water partition coefficient (Wildman–Crippen LogP) is 0.582. The zero-order valence-corrected chi connectivity index (χ0v) is 8.74. The van der Waals surface area contributed by atoms with Gasteiger partial charge < -0.3 is 9.64 Å². The van der Waals surface area contributed by atoms with E-state index in [1.807, 2.05) is 13.8 Å². The summed E-state index contributed by atoms with van der Waals surface area (Å²) < 4.78 is 5.01. The summed E-state index contributed by atoms with van der Waals surface area (Å²) in [5, 5.41) is 0. The van der Waals surface area contributed by atoms with Gasteiger partial charge in [0.25, 0.3) is 5.91 Å². The maximum atomic E-state index is 11.6. The molecule has 1 saturated heterocycles. The van der Waals surface area contributed by atoms with Gasteiger partial charge >= 0.3 is 5.97 Å². The summed E-state index contributed by atoms with van der Waals surface area (Å²) in [5.41, 5.74) is -0.329. The minimum Gasteiger partial charge on any atom is -0.448 e. The minimum absolute atomic E-state index is 0.148. The Labute approximate surface area is 83.5 Å². The number of hydrogen-bond acceptors (Lipinski definition) is 3. The highest BCUT2D eigenvalue weighted by Crippen LogP contribution is 2.32. The van der Waals surface area contributed by atoms with E-state index in [1.165, 1.54) is 0 Å². The molecule has 4 heteroatoms. The van der Waals surface area contributed by atoms with Crippen molar-refractivity contribution in [1.29, 1.82) is 0 Å². The zero-order valence-electron chi connectivity index (χ0n) is 8.74. The van der Waals surface area contributed by atoms with E-state index in [1.54, 1.807) is 11.9 Å². The monoisotopic (exact) mass is 197 g/mol. The average molecular weight is 197 g/mol. The molecule has 0 aromatic rings. The first-order valence-electron chi connectivity index (χ1n) is 4.46. The van der Waals surface area contributed by atoms with Crippen molar-refractivity contribution < 1.29 is 14.3 Å². The average Bonchev–Trinajstić information content (AvgIpc) is 2.27. The third-order valence-electron chi connectivity index (χ3n) is 2.36. The van der Waals surface area contributed by atoms with Crippen molar-refractivity contribution in [2.75, 3.05) is 13.6 Å². The number of amides is 1. The Hall–Kier alpha value is -1.32. The van der Waals surface area contributed by atoms with E-state index in [9.17, 15) is 9.59 Å². The summed E-state index contributed by atoms with van der Waals surface area (Å²) in [7, 11) is 1.70. The van der Waals surface area contributed by atoms with Crippen LogP contribution in [0.3, 0.4) is 0 Å². The number of esters is 1. The van der Waals surface area contributed by atoms with Crippen LogP contribution in [-0.4, -0.2) is 36.5 Å². The lowest BCUT2D eigenvalue weighted by Crippen LogP contribution is -2.35. The van der Waals surface area contributed by atoms with Gasteiger partial charge in [0, 0.05) is 25.1 Å². The Morgan fingerprint density at radius 1 is 1.71 bits per heavy atom. The summed E-state index contributed by atoms with van der Waals surface area (Å²) in [6.45, 7) is 7.69. The second-order valence-corrected chi connectivity index (χ2v) is 4.20. The van der Waals surface area contributed by atoms with E-state index >= 15 is 0 Å². The number of hydrogen-bond donors (Lipinski definition) is 0. The molecule has 1 rings (SSSR count). The molecule has 1 aliphatic rings. The second-order valence-electron chi connectivity index (χ2n) is 4.20. The van der Waals surface area contributed by atoms with Crippen LogP contribution in [0.25, 0.3) is 0 Å². The molecule has 1 amide bonds. The van der Waals surface area contributed by atoms with E-state index in [4.69, 9.17) is 4.74 Å². The van der Waals surface area contributed by atoms with Crippen LogP contribution in [0, 0.1) is 5.41 Å². The Kier molecular flexibility index (Phi) is 2.64. The molecule has 1 unspecified atom stereocenters. The number of ether oxygens (including phenoxy) is 1. The van der Waals surface area contributed by atoms with Crippen LogP contribution >= 0.6 is 0 Å². The number of likely N-dealkylation sites (N-methyl/N-ethyl adjacent to an activating group) is 1. The van der Waals surface area contributed by atoms with Gasteiger partial charge in [-0.05, 0) is 0 Å². The van der Waals surface area contributed by atoms with Gasteiger partial charge in [0.15, 0.2) is 6.10 Å². The number of rotatable bonds is 2. The molecule has 0 aromatic carbocycles. The molecule has 14 heavy (non-hydrogen) atoms. The fourth-order valence-electron chi connectivity index (χ4n) is 1.68. The summed E-state index contributed by atoms with van der Waals surface area (Å²) in [6, 6.07) is 0. The van der Waals surface area contributed by atoms with Crippen LogP contribution in [0.4, 0.5) is 0 Å². The van der Waals surface area contributed by atoms with Crippen LogP contribution in [0.5, 0.6) is 0 Å². The van der Waals surface area contributed by atoms with Crippen molar-refractivity contribution in [3.05, 3.63) is 12.7 Å². The van der Waals surface area contributed by atoms with Gasteiger partial charge in [-0.2, -0.15) is 0 Å². The molecule has 4 nitrogen and oxygen atoms in total. The zero-order chi connectivity index (χ0) is 10.9. The first-order valence-corrected chi connectivity index (χ1v) is 4.46. The highest BCUT2D eigenvalue weighted by Gasteiger charge is 2.47. The molecule has 0 N–H and O–H groups in total. The maximum absolute atomic E-state index is 11.6. The van der Waals surface area contributed by atoms with E-state index in [-0.39, 0.29) is 11.3 Å². The fourth-order valence-corrected chi connectivity index (χ4v) is 1.68. The van der Waals surface area contributed by atoms with Crippen molar-refractivity contribution in [2.45, 2.75) is 20.0 Å². The van der Waals surface area contributed by atoms with Crippen LogP contribution < -0.4 is 0 Å². The molecule has 1 heterocycles. The van der Waals surface area contributed by atoms with Crippen LogP contribution in [0.15, 0.2) is 12.7 Å². The smallest absolute Gasteiger partial charge is 0.330 e. The van der Waals surface area contributed by atoms with E-state index in [2.05, 4.69) is 6.58 Å². The van der Waals surface area contributed by atoms with Crippen molar-refractivity contribution in [3.63, 3.8) is 0 Å². The summed E-state index contributed by atoms with van der Waals surface area (Å²) >= 11 is 0. The van der Waals surface area contributed by atoms with Gasteiger partial charge in [-0.1, -0.05) is 20.4 Å². The Morgan fingerprint density at radius 2 is 2.29 bits per heavy atom. The molecule has 0 bridgehead atoms. The number of carbonyl (C=O) groups is 2. The Morgan fingerprint density at radius 3 is 2.64 bits per heavy atom. The van der Waals surface area contributed by atoms with Crippen LogP contribution in [0.2, 0.25) is 0 Å². The molecule has 0 aromatic heterocycles. The van der Waals surface area contributed by atoms with Gasteiger partial charge in [-0.3, -0.25) is 4.79 Å². The van der Waals surface area contributed by atoms with Crippen molar-refractivity contribution in [3.8, 4) is 0 Å². The summed E-state index contributed by atoms with van der Waals surface area (Å²) in [5.74, 6) is -0.697. The van der Waals surface area contributed by atoms with Crippen molar-refractivity contribution >= 4 is 11.9 Å². The Bertz CT molecular complexity index is 283. The fraction of sp³-hybridized carbons (Fsp3) is 0.600. The largest absolute Gasteiger partial charge is 0.448 e. The highest BCUT2D eigenvalue weighted by atomic mass is 16.5. The topological polar surface area (TPSA) is 46.6 Å². The van der Waals surface area contributed by atoms with Gasteiger partial charge in [-0.25, -0.2) is 4.79 Å². The summed E-state index contributed by atoms with van der Waals surface area (Å²) in [6.07, 6.45) is 0.389. The molecule has 0 saturated carbocycles. The molecule has 78 valence electrons. The first kappa shape index (κ1) is 10.8. The standard InChI is InChI=1S/C10H15NO3/c1-5-7(12)14-8-9(13)11(4)6-10(8,2)3/h5,8H,1,6H2,2-4H3. The lowest BCUT2D eigenvalue weighted by atomic mass is 9.90. The number of likely N-dealkylation sites (tertiary alicyclic amines) is 1. The normalized spacial score (nSPS) is 24.9. The van der Waals surface area contributed by atoms with Crippen molar-refractivity contribution in [1.82, 2.24) is 4.90 Å². The molecule has 0 spiro atoms. The lowest BCUT2D eigenvalue weighted by molar-refractivity contribution is -0.155. The minimum atomic E-state index is -0.682. The van der Waals surface area contributed by atoms with E-state index < -0.39 is 12.1 Å². The predicted molar refractivity (Wildman–Crippen MR) is 51.5 cm³/mol. The van der Waals surface area contributed by atoms with Gasteiger partial charge in [-0.15, -0.1) is 0 Å². The third kappa shape index (κ3) is 1.78. The van der Waals surface area contributed by atoms with Crippen molar-refractivity contribution in [2.24, 2.45) is 5.41 Å². The number of carbonyl (C=O) groups excluding carboxylic acids is 2. The van der Waals surface area contributed by atoms with Gasteiger partial charge in [0.2, 0.25) is 0 Å². The van der Waals surface area contributed by atoms with Crippen LogP contribution in [-0.2, 0) is 14.3 Å². The van der Waals surface area contributed by atoms with Gasteiger partial charge in [0.05, 0.1) is 0 Å². The van der Waals surface area contributed by atoms with E-state index in [0.29, 0.717) is 6.54 Å². The quantitative estimate of drug-likeness (QED) is 0.480. The molecular weight excluding hydrogens is 182 g/mol. The molecular formula is C10H15NO3. The molecule has 0 aliphatic carbocycles. The Balaban J connectivity index is 2.80. The van der Waals surface area contributed by atoms with Gasteiger partial charge in [0.1, 0.15) is 0 Å². The second kappa shape index (κ2) is 3.44. The summed E-state index contributed by atoms with van der Waals surface area (Å²) in [4.78, 5) is 24.2. The highest BCUT2D eigenvalue weighted by molar-refractivity contribution is 5.89. The SMILES string of the molecule is C=CC(=O)OC1C(=O)N(C)CC1(C)C. The first-order chi connectivity index (χ1) is 6.38. The molecule has 1 fully saturated rings.